The van der Waals surface area contributed by atoms with Gasteiger partial charge in [-0.25, -0.2) is 8.42 Å². The van der Waals surface area contributed by atoms with Crippen molar-refractivity contribution < 1.29 is 13.2 Å². The van der Waals surface area contributed by atoms with Gasteiger partial charge in [-0.1, -0.05) is 11.6 Å². The third-order valence-electron chi connectivity index (χ3n) is 4.02. The second-order valence-corrected chi connectivity index (χ2v) is 8.12. The van der Waals surface area contributed by atoms with E-state index in [2.05, 4.69) is 5.32 Å². The Balaban J connectivity index is 1.83. The summed E-state index contributed by atoms with van der Waals surface area (Å²) in [6.45, 7) is 1.06. The van der Waals surface area contributed by atoms with Crippen molar-refractivity contribution in [2.24, 2.45) is 7.05 Å². The van der Waals surface area contributed by atoms with E-state index in [0.717, 1.165) is 12.8 Å². The monoisotopic (exact) mass is 367 g/mol. The summed E-state index contributed by atoms with van der Waals surface area (Å²) >= 11 is 5.82. The average molecular weight is 368 g/mol. The van der Waals surface area contributed by atoms with Crippen molar-refractivity contribution in [3.8, 4) is 0 Å². The molecule has 2 aromatic rings. The Bertz CT molecular complexity index is 853. The van der Waals surface area contributed by atoms with Gasteiger partial charge in [0.15, 0.2) is 0 Å². The van der Waals surface area contributed by atoms with E-state index in [0.29, 0.717) is 23.8 Å². The Morgan fingerprint density at radius 1 is 1.17 bits per heavy atom. The third kappa shape index (κ3) is 3.33. The van der Waals surface area contributed by atoms with Crippen molar-refractivity contribution in [3.05, 3.63) is 47.2 Å². The molecule has 1 saturated heterocycles. The van der Waals surface area contributed by atoms with Crippen LogP contribution in [0.3, 0.4) is 0 Å². The van der Waals surface area contributed by atoms with Gasteiger partial charge in [-0.2, -0.15) is 4.31 Å². The molecule has 0 aliphatic carbocycles. The van der Waals surface area contributed by atoms with Crippen molar-refractivity contribution in [3.63, 3.8) is 0 Å². The topological polar surface area (TPSA) is 71.4 Å². The normalized spacial score (nSPS) is 15.6. The zero-order chi connectivity index (χ0) is 17.3. The molecule has 1 aliphatic rings. The first-order chi connectivity index (χ1) is 11.4. The lowest BCUT2D eigenvalue weighted by Gasteiger charge is -2.13. The summed E-state index contributed by atoms with van der Waals surface area (Å²) in [6.07, 6.45) is 3.22. The number of carbonyl (C=O) groups excluding carboxylic acids is 1. The smallest absolute Gasteiger partial charge is 0.272 e. The van der Waals surface area contributed by atoms with E-state index in [-0.39, 0.29) is 16.5 Å². The number of aromatic nitrogens is 1. The van der Waals surface area contributed by atoms with Gasteiger partial charge in [0.05, 0.1) is 0 Å². The fourth-order valence-corrected chi connectivity index (χ4v) is 4.42. The SMILES string of the molecule is Cn1cc(S(=O)(=O)N2CCCC2)cc1C(=O)Nc1ccc(Cl)cc1. The van der Waals surface area contributed by atoms with E-state index in [1.807, 2.05) is 0 Å². The van der Waals surface area contributed by atoms with E-state index in [1.165, 1.54) is 21.1 Å². The number of rotatable bonds is 4. The molecule has 0 bridgehead atoms. The van der Waals surface area contributed by atoms with Gasteiger partial charge in [0.1, 0.15) is 10.6 Å². The highest BCUT2D eigenvalue weighted by molar-refractivity contribution is 7.89. The highest BCUT2D eigenvalue weighted by Crippen LogP contribution is 2.23. The van der Waals surface area contributed by atoms with Gasteiger partial charge in [0.25, 0.3) is 5.91 Å². The molecule has 2 heterocycles. The largest absolute Gasteiger partial charge is 0.345 e. The number of sulfonamides is 1. The van der Waals surface area contributed by atoms with E-state index >= 15 is 0 Å². The van der Waals surface area contributed by atoms with Crippen LogP contribution in [0.5, 0.6) is 0 Å². The lowest BCUT2D eigenvalue weighted by atomic mass is 10.3. The number of hydrogen-bond acceptors (Lipinski definition) is 3. The van der Waals surface area contributed by atoms with Gasteiger partial charge in [-0.15, -0.1) is 0 Å². The number of benzene rings is 1. The minimum atomic E-state index is -3.54. The summed E-state index contributed by atoms with van der Waals surface area (Å²) < 4.78 is 28.2. The predicted molar refractivity (Wildman–Crippen MR) is 92.8 cm³/mol. The zero-order valence-corrected chi connectivity index (χ0v) is 14.8. The molecule has 8 heteroatoms. The van der Waals surface area contributed by atoms with Gasteiger partial charge in [-0.05, 0) is 43.2 Å². The quantitative estimate of drug-likeness (QED) is 0.903. The summed E-state index contributed by atoms with van der Waals surface area (Å²) in [7, 11) is -1.88. The van der Waals surface area contributed by atoms with Gasteiger partial charge in [0, 0.05) is 37.0 Å². The molecule has 0 spiro atoms. The molecule has 128 valence electrons. The molecule has 1 aromatic heterocycles. The molecule has 1 aromatic carbocycles. The highest BCUT2D eigenvalue weighted by Gasteiger charge is 2.29. The minimum Gasteiger partial charge on any atom is -0.345 e. The zero-order valence-electron chi connectivity index (χ0n) is 13.2. The molecule has 0 radical (unpaired) electrons. The van der Waals surface area contributed by atoms with Crippen LogP contribution in [0.15, 0.2) is 41.4 Å². The Morgan fingerprint density at radius 3 is 2.42 bits per heavy atom. The van der Waals surface area contributed by atoms with E-state index in [9.17, 15) is 13.2 Å². The molecular weight excluding hydrogens is 350 g/mol. The molecular formula is C16H18ClN3O3S. The molecule has 0 saturated carbocycles. The van der Waals surface area contributed by atoms with Crippen LogP contribution in [0.1, 0.15) is 23.3 Å². The molecule has 6 nitrogen and oxygen atoms in total. The summed E-state index contributed by atoms with van der Waals surface area (Å²) in [5.41, 5.74) is 0.872. The summed E-state index contributed by atoms with van der Waals surface area (Å²) in [4.78, 5) is 12.6. The van der Waals surface area contributed by atoms with Crippen LogP contribution in [0.25, 0.3) is 0 Å². The van der Waals surface area contributed by atoms with Crippen LogP contribution in [-0.2, 0) is 17.1 Å². The van der Waals surface area contributed by atoms with Crippen LogP contribution in [0, 0.1) is 0 Å². The van der Waals surface area contributed by atoms with Crippen molar-refractivity contribution in [1.29, 1.82) is 0 Å². The first-order valence-corrected chi connectivity index (χ1v) is 9.43. The number of halogens is 1. The molecule has 0 atom stereocenters. The molecule has 1 N–H and O–H groups in total. The highest BCUT2D eigenvalue weighted by atomic mass is 35.5. The van der Waals surface area contributed by atoms with E-state index in [1.54, 1.807) is 31.3 Å². The maximum absolute atomic E-state index is 12.6. The fourth-order valence-electron chi connectivity index (χ4n) is 2.71. The first-order valence-electron chi connectivity index (χ1n) is 7.61. The minimum absolute atomic E-state index is 0.146. The van der Waals surface area contributed by atoms with Crippen LogP contribution >= 0.6 is 11.6 Å². The molecule has 1 fully saturated rings. The maximum atomic E-state index is 12.6. The summed E-state index contributed by atoms with van der Waals surface area (Å²) in [5, 5.41) is 3.31. The van der Waals surface area contributed by atoms with Gasteiger partial charge < -0.3 is 9.88 Å². The van der Waals surface area contributed by atoms with Crippen LogP contribution < -0.4 is 5.32 Å². The summed E-state index contributed by atoms with van der Waals surface area (Å²) in [6, 6.07) is 8.13. The average Bonchev–Trinajstić information content (AvgIpc) is 3.19. The number of hydrogen-bond donors (Lipinski definition) is 1. The second kappa shape index (κ2) is 6.58. The Hall–Kier alpha value is -1.83. The van der Waals surface area contributed by atoms with Crippen LogP contribution in [0.2, 0.25) is 5.02 Å². The number of nitrogens with zero attached hydrogens (tertiary/aromatic N) is 2. The van der Waals surface area contributed by atoms with Crippen LogP contribution in [-0.4, -0.2) is 36.3 Å². The number of nitrogens with one attached hydrogen (secondary N) is 1. The van der Waals surface area contributed by atoms with E-state index in [4.69, 9.17) is 11.6 Å². The third-order valence-corrected chi connectivity index (χ3v) is 6.13. The number of carbonyl (C=O) groups is 1. The van der Waals surface area contributed by atoms with Gasteiger partial charge in [0.2, 0.25) is 10.0 Å². The molecule has 0 unspecified atom stereocenters. The van der Waals surface area contributed by atoms with Crippen molar-refractivity contribution in [2.45, 2.75) is 17.7 Å². The number of amides is 1. The number of aryl methyl sites for hydroxylation is 1. The molecule has 24 heavy (non-hydrogen) atoms. The Labute approximate surface area is 146 Å². The van der Waals surface area contributed by atoms with Crippen molar-refractivity contribution in [2.75, 3.05) is 18.4 Å². The maximum Gasteiger partial charge on any atom is 0.272 e. The van der Waals surface area contributed by atoms with Crippen molar-refractivity contribution in [1.82, 2.24) is 8.87 Å². The van der Waals surface area contributed by atoms with E-state index < -0.39 is 10.0 Å². The Morgan fingerprint density at radius 2 is 1.79 bits per heavy atom. The first kappa shape index (κ1) is 17.0. The van der Waals surface area contributed by atoms with Crippen molar-refractivity contribution >= 4 is 33.2 Å². The van der Waals surface area contributed by atoms with Gasteiger partial charge in [-0.3, -0.25) is 4.79 Å². The molecule has 1 aliphatic heterocycles. The summed E-state index contributed by atoms with van der Waals surface area (Å²) in [5.74, 6) is -0.373. The number of anilines is 1. The van der Waals surface area contributed by atoms with Crippen LogP contribution in [0.4, 0.5) is 5.69 Å². The molecule has 3 rings (SSSR count). The van der Waals surface area contributed by atoms with Gasteiger partial charge >= 0.3 is 0 Å². The fraction of sp³-hybridized carbons (Fsp3) is 0.312. The molecule has 1 amide bonds. The second-order valence-electron chi connectivity index (χ2n) is 5.74. The predicted octanol–water partition coefficient (Wildman–Crippen LogP) is 2.72. The lowest BCUT2D eigenvalue weighted by molar-refractivity contribution is 0.101. The lowest BCUT2D eigenvalue weighted by Crippen LogP contribution is -2.27. The standard InChI is InChI=1S/C16H18ClN3O3S/c1-19-11-14(24(22,23)20-8-2-3-9-20)10-15(19)16(21)18-13-6-4-12(17)5-7-13/h4-7,10-11H,2-3,8-9H2,1H3,(H,18,21). The Kier molecular flexibility index (Phi) is 4.67.